The van der Waals surface area contributed by atoms with Gasteiger partial charge in [0.05, 0.1) is 19.7 Å². The molecule has 0 fully saturated rings. The molecule has 150 valence electrons. The van der Waals surface area contributed by atoms with Crippen molar-refractivity contribution in [2.45, 2.75) is 0 Å². The van der Waals surface area contributed by atoms with Crippen molar-refractivity contribution in [2.24, 2.45) is 0 Å². The maximum absolute atomic E-state index is 5.76. The van der Waals surface area contributed by atoms with Gasteiger partial charge >= 0.3 is 0 Å². The van der Waals surface area contributed by atoms with Crippen molar-refractivity contribution in [1.29, 1.82) is 0 Å². The maximum Gasteiger partial charge on any atom is 0.171 e. The van der Waals surface area contributed by atoms with E-state index in [1.165, 1.54) is 0 Å². The molecule has 4 rings (SSSR count). The summed E-state index contributed by atoms with van der Waals surface area (Å²) in [5, 5.41) is 9.61. The van der Waals surface area contributed by atoms with Crippen LogP contribution in [-0.4, -0.2) is 65.9 Å². The lowest BCUT2D eigenvalue weighted by Gasteiger charge is -2.11. The van der Waals surface area contributed by atoms with Crippen LogP contribution in [0.2, 0.25) is 0 Å². The Morgan fingerprint density at radius 2 is 1.69 bits per heavy atom. The highest BCUT2D eigenvalue weighted by Gasteiger charge is 2.14. The van der Waals surface area contributed by atoms with E-state index in [4.69, 9.17) is 14.2 Å². The highest BCUT2D eigenvalue weighted by Crippen LogP contribution is 2.33. The molecule has 8 heteroatoms. The Labute approximate surface area is 168 Å². The van der Waals surface area contributed by atoms with Crippen molar-refractivity contribution in [3.63, 3.8) is 0 Å². The molecule has 0 bridgehead atoms. The number of methoxy groups -OCH3 is 2. The van der Waals surface area contributed by atoms with E-state index >= 15 is 0 Å². The van der Waals surface area contributed by atoms with Crippen LogP contribution < -0.4 is 14.2 Å². The largest absolute Gasteiger partial charge is 0.493 e. The minimum Gasteiger partial charge on any atom is -0.493 e. The third-order valence-electron chi connectivity index (χ3n) is 4.67. The van der Waals surface area contributed by atoms with E-state index in [9.17, 15) is 0 Å². The third kappa shape index (κ3) is 3.66. The Kier molecular flexibility index (Phi) is 5.18. The fourth-order valence-corrected chi connectivity index (χ4v) is 3.10. The first-order valence-corrected chi connectivity index (χ1v) is 9.24. The lowest BCUT2D eigenvalue weighted by molar-refractivity contribution is 0.261. The van der Waals surface area contributed by atoms with Gasteiger partial charge in [-0.1, -0.05) is 0 Å². The fourth-order valence-electron chi connectivity index (χ4n) is 3.10. The molecule has 4 aromatic rings. The van der Waals surface area contributed by atoms with E-state index in [2.05, 4.69) is 20.1 Å². The summed E-state index contributed by atoms with van der Waals surface area (Å²) < 4.78 is 18.4. The van der Waals surface area contributed by atoms with Crippen LogP contribution in [0.25, 0.3) is 27.9 Å². The summed E-state index contributed by atoms with van der Waals surface area (Å²) in [5.74, 6) is 2.79. The Hall–Kier alpha value is -3.39. The first-order chi connectivity index (χ1) is 14.1. The molecule has 2 aromatic carbocycles. The Bertz CT molecular complexity index is 1140. The molecule has 0 unspecified atom stereocenters. The molecular formula is C21H23N5O3. The summed E-state index contributed by atoms with van der Waals surface area (Å²) in [5.41, 5.74) is 2.40. The van der Waals surface area contributed by atoms with Crippen molar-refractivity contribution in [1.82, 2.24) is 24.5 Å². The van der Waals surface area contributed by atoms with Gasteiger partial charge in [-0.15, -0.1) is 10.2 Å². The van der Waals surface area contributed by atoms with E-state index in [-0.39, 0.29) is 0 Å². The van der Waals surface area contributed by atoms with Crippen molar-refractivity contribution < 1.29 is 14.2 Å². The van der Waals surface area contributed by atoms with Gasteiger partial charge in [-0.2, -0.15) is 0 Å². The Balaban J connectivity index is 1.69. The molecule has 0 radical (unpaired) electrons. The summed E-state index contributed by atoms with van der Waals surface area (Å²) in [6.07, 6.45) is 1.72. The van der Waals surface area contributed by atoms with E-state index in [0.29, 0.717) is 29.6 Å². The zero-order chi connectivity index (χ0) is 20.4. The van der Waals surface area contributed by atoms with Crippen LogP contribution in [0.3, 0.4) is 0 Å². The van der Waals surface area contributed by atoms with Crippen LogP contribution >= 0.6 is 0 Å². The number of aromatic nitrogens is 4. The van der Waals surface area contributed by atoms with Crippen molar-refractivity contribution in [3.8, 4) is 28.6 Å². The van der Waals surface area contributed by atoms with Crippen LogP contribution in [0.15, 0.2) is 42.7 Å². The van der Waals surface area contributed by atoms with E-state index < -0.39 is 0 Å². The number of likely N-dealkylation sites (N-methyl/N-ethyl adjacent to an activating group) is 1. The Morgan fingerprint density at radius 1 is 0.966 bits per heavy atom. The number of hydrogen-bond donors (Lipinski definition) is 0. The molecule has 0 saturated heterocycles. The summed E-state index contributed by atoms with van der Waals surface area (Å²) in [4.78, 5) is 6.63. The minimum atomic E-state index is 0.624. The van der Waals surface area contributed by atoms with Gasteiger partial charge in [0.25, 0.3) is 0 Å². The van der Waals surface area contributed by atoms with E-state index in [1.807, 2.05) is 54.9 Å². The minimum absolute atomic E-state index is 0.624. The molecule has 29 heavy (non-hydrogen) atoms. The first kappa shape index (κ1) is 18.9. The molecule has 0 spiro atoms. The predicted octanol–water partition coefficient (Wildman–Crippen LogP) is 2.90. The highest BCUT2D eigenvalue weighted by atomic mass is 16.5. The van der Waals surface area contributed by atoms with Gasteiger partial charge in [0.2, 0.25) is 0 Å². The van der Waals surface area contributed by atoms with Crippen molar-refractivity contribution in [2.75, 3.05) is 41.5 Å². The molecule has 0 aliphatic carbocycles. The Morgan fingerprint density at radius 3 is 2.38 bits per heavy atom. The zero-order valence-corrected chi connectivity index (χ0v) is 16.9. The molecule has 0 N–H and O–H groups in total. The SMILES string of the molecule is COc1cc2ncn3c(-c4ccc(OCCN(C)C)cc4)nnc3c2cc1OC. The van der Waals surface area contributed by atoms with Gasteiger partial charge in [0.15, 0.2) is 23.0 Å². The van der Waals surface area contributed by atoms with Crippen LogP contribution in [0.4, 0.5) is 0 Å². The molecule has 2 heterocycles. The normalized spacial score (nSPS) is 11.3. The monoisotopic (exact) mass is 393 g/mol. The second kappa shape index (κ2) is 7.92. The van der Waals surface area contributed by atoms with E-state index in [0.717, 1.165) is 28.8 Å². The quantitative estimate of drug-likeness (QED) is 0.478. The molecular weight excluding hydrogens is 370 g/mol. The smallest absolute Gasteiger partial charge is 0.171 e. The zero-order valence-electron chi connectivity index (χ0n) is 16.9. The second-order valence-electron chi connectivity index (χ2n) is 6.86. The molecule has 0 aliphatic heterocycles. The molecule has 8 nitrogen and oxygen atoms in total. The van der Waals surface area contributed by atoms with Crippen molar-refractivity contribution >= 4 is 16.6 Å². The summed E-state index contributed by atoms with van der Waals surface area (Å²) in [6, 6.07) is 11.5. The highest BCUT2D eigenvalue weighted by molar-refractivity contribution is 5.94. The summed E-state index contributed by atoms with van der Waals surface area (Å²) >= 11 is 0. The van der Waals surface area contributed by atoms with Gasteiger partial charge < -0.3 is 19.1 Å². The van der Waals surface area contributed by atoms with Crippen LogP contribution in [0.1, 0.15) is 0 Å². The third-order valence-corrected chi connectivity index (χ3v) is 4.67. The van der Waals surface area contributed by atoms with Gasteiger partial charge in [-0.3, -0.25) is 4.40 Å². The standard InChI is InChI=1S/C21H23N5O3/c1-25(2)9-10-29-15-7-5-14(6-8-15)20-23-24-21-16-11-18(27-3)19(28-4)12-17(16)22-13-26(20)21/h5-8,11-13H,9-10H2,1-4H3. The lowest BCUT2D eigenvalue weighted by atomic mass is 10.2. The van der Waals surface area contributed by atoms with Crippen LogP contribution in [0.5, 0.6) is 17.2 Å². The van der Waals surface area contributed by atoms with Gasteiger partial charge in [0.1, 0.15) is 18.7 Å². The number of ether oxygens (including phenoxy) is 3. The number of fused-ring (bicyclic) bond motifs is 3. The van der Waals surface area contributed by atoms with Crippen LogP contribution in [-0.2, 0) is 0 Å². The topological polar surface area (TPSA) is 74.0 Å². The van der Waals surface area contributed by atoms with Crippen molar-refractivity contribution in [3.05, 3.63) is 42.7 Å². The average molecular weight is 393 g/mol. The lowest BCUT2D eigenvalue weighted by Crippen LogP contribution is -2.19. The van der Waals surface area contributed by atoms with E-state index in [1.54, 1.807) is 20.5 Å². The molecule has 0 amide bonds. The summed E-state index contributed by atoms with van der Waals surface area (Å²) in [6.45, 7) is 1.50. The predicted molar refractivity (Wildman–Crippen MR) is 111 cm³/mol. The van der Waals surface area contributed by atoms with Gasteiger partial charge in [-0.05, 0) is 44.4 Å². The number of rotatable bonds is 7. The molecule has 0 saturated carbocycles. The second-order valence-corrected chi connectivity index (χ2v) is 6.86. The number of nitrogens with zero attached hydrogens (tertiary/aromatic N) is 5. The number of benzene rings is 2. The molecule has 2 aromatic heterocycles. The maximum atomic E-state index is 5.76. The number of hydrogen-bond acceptors (Lipinski definition) is 7. The first-order valence-electron chi connectivity index (χ1n) is 9.24. The summed E-state index contributed by atoms with van der Waals surface area (Å²) in [7, 11) is 7.25. The van der Waals surface area contributed by atoms with Gasteiger partial charge in [0, 0.05) is 23.6 Å². The average Bonchev–Trinajstić information content (AvgIpc) is 3.17. The molecule has 0 atom stereocenters. The fraction of sp³-hybridized carbons (Fsp3) is 0.286. The van der Waals surface area contributed by atoms with Crippen LogP contribution in [0, 0.1) is 0 Å². The van der Waals surface area contributed by atoms with Gasteiger partial charge in [-0.25, -0.2) is 4.98 Å². The molecule has 0 aliphatic rings.